The maximum atomic E-state index is 2.47. The molecule has 53 heavy (non-hydrogen) atoms. The molecule has 0 saturated heterocycles. The highest BCUT2D eigenvalue weighted by Gasteiger charge is 2.18. The van der Waals surface area contributed by atoms with Crippen LogP contribution in [0.4, 0.5) is 0 Å². The first-order chi connectivity index (χ1) is 26.3. The van der Waals surface area contributed by atoms with Crippen molar-refractivity contribution in [3.05, 3.63) is 182 Å². The van der Waals surface area contributed by atoms with Crippen molar-refractivity contribution >= 4 is 96.7 Å². The molecule has 0 bridgehead atoms. The average Bonchev–Trinajstić information content (AvgIpc) is 3.86. The quantitative estimate of drug-likeness (QED) is 0.175. The minimum Gasteiger partial charge on any atom is -0.309 e. The fourth-order valence-corrected chi connectivity index (χ4v) is 9.97. The predicted octanol–water partition coefficient (Wildman–Crippen LogP) is 14.2. The van der Waals surface area contributed by atoms with E-state index < -0.39 is 0 Å². The van der Waals surface area contributed by atoms with Gasteiger partial charge in [-0.2, -0.15) is 0 Å². The number of fused-ring (bicyclic) bond motifs is 11. The zero-order valence-electron chi connectivity index (χ0n) is 28.6. The smallest absolute Gasteiger partial charge is 0.0547 e. The summed E-state index contributed by atoms with van der Waals surface area (Å²) in [6.07, 6.45) is 0. The summed E-state index contributed by atoms with van der Waals surface area (Å²) in [6, 6.07) is 67.3. The van der Waals surface area contributed by atoms with Gasteiger partial charge in [0.1, 0.15) is 0 Å². The SMILES string of the molecule is c1ccc2cc3c(cc2c1)c1cc(-c2ccc4c(c2)c2ccccc2n4-c2ccc4c(c2)sc2ccccc24)ccc1n3-c1cccc2ccccc12. The van der Waals surface area contributed by atoms with E-state index in [1.54, 1.807) is 0 Å². The van der Waals surface area contributed by atoms with Crippen molar-refractivity contribution in [3.8, 4) is 22.5 Å². The molecule has 0 atom stereocenters. The lowest BCUT2D eigenvalue weighted by molar-refractivity contribution is 1.19. The topological polar surface area (TPSA) is 9.86 Å². The van der Waals surface area contributed by atoms with Crippen molar-refractivity contribution in [2.45, 2.75) is 0 Å². The molecular weight excluding hydrogens is 661 g/mol. The van der Waals surface area contributed by atoms with Gasteiger partial charge in [0.05, 0.1) is 27.8 Å². The van der Waals surface area contributed by atoms with Gasteiger partial charge in [-0.05, 0) is 94.0 Å². The first-order valence-corrected chi connectivity index (χ1v) is 19.0. The van der Waals surface area contributed by atoms with Crippen molar-refractivity contribution in [3.63, 3.8) is 0 Å². The van der Waals surface area contributed by atoms with Crippen LogP contribution < -0.4 is 0 Å². The van der Waals surface area contributed by atoms with Crippen molar-refractivity contribution < 1.29 is 0 Å². The molecule has 0 amide bonds. The number of nitrogens with zero attached hydrogens (tertiary/aromatic N) is 2. The lowest BCUT2D eigenvalue weighted by atomic mass is 10.00. The van der Waals surface area contributed by atoms with E-state index in [-0.39, 0.29) is 0 Å². The Labute approximate surface area is 309 Å². The highest BCUT2D eigenvalue weighted by atomic mass is 32.1. The van der Waals surface area contributed by atoms with E-state index >= 15 is 0 Å². The van der Waals surface area contributed by atoms with Gasteiger partial charge in [-0.3, -0.25) is 0 Å². The molecule has 12 rings (SSSR count). The summed E-state index contributed by atoms with van der Waals surface area (Å²) in [6.45, 7) is 0. The Hall–Kier alpha value is -6.68. The number of aromatic nitrogens is 2. The first kappa shape index (κ1) is 29.0. The first-order valence-electron chi connectivity index (χ1n) is 18.2. The van der Waals surface area contributed by atoms with Gasteiger partial charge in [-0.1, -0.05) is 115 Å². The summed E-state index contributed by atoms with van der Waals surface area (Å²) in [5, 5.41) is 12.7. The molecule has 0 N–H and O–H groups in total. The molecule has 9 aromatic carbocycles. The van der Waals surface area contributed by atoms with Crippen LogP contribution in [-0.2, 0) is 0 Å². The maximum Gasteiger partial charge on any atom is 0.0547 e. The van der Waals surface area contributed by atoms with Crippen molar-refractivity contribution in [2.24, 2.45) is 0 Å². The average molecular weight is 691 g/mol. The molecule has 0 aliphatic heterocycles. The van der Waals surface area contributed by atoms with E-state index in [2.05, 4.69) is 191 Å². The molecule has 3 heterocycles. The molecule has 0 aliphatic rings. The fourth-order valence-electron chi connectivity index (χ4n) is 8.83. The third-order valence-corrected chi connectivity index (χ3v) is 12.4. The van der Waals surface area contributed by atoms with Crippen LogP contribution in [0.5, 0.6) is 0 Å². The standard InChI is InChI=1S/C50H30N2S/c1-2-12-33-29-48-43(26-32(33)11-1)42-28-35(21-25-47(42)52(48)44-18-9-13-31-10-3-4-14-37(31)44)34-20-24-46-41(27-34)38-15-5-7-17-45(38)51(46)36-22-23-40-39-16-6-8-19-49(39)53-50(40)30-36/h1-30H. The van der Waals surface area contributed by atoms with Gasteiger partial charge in [-0.15, -0.1) is 11.3 Å². The number of hydrogen-bond donors (Lipinski definition) is 0. The molecule has 3 heteroatoms. The van der Waals surface area contributed by atoms with Gasteiger partial charge in [0, 0.05) is 52.8 Å². The fraction of sp³-hybridized carbons (Fsp3) is 0. The summed E-state index contributed by atoms with van der Waals surface area (Å²) < 4.78 is 7.55. The van der Waals surface area contributed by atoms with Gasteiger partial charge in [0.15, 0.2) is 0 Å². The van der Waals surface area contributed by atoms with Crippen LogP contribution >= 0.6 is 11.3 Å². The van der Waals surface area contributed by atoms with Crippen LogP contribution in [0.15, 0.2) is 182 Å². The van der Waals surface area contributed by atoms with Crippen LogP contribution in [0.25, 0.3) is 108 Å². The second-order valence-electron chi connectivity index (χ2n) is 14.1. The lowest BCUT2D eigenvalue weighted by Crippen LogP contribution is -1.95. The van der Waals surface area contributed by atoms with Crippen LogP contribution in [0, 0.1) is 0 Å². The zero-order valence-corrected chi connectivity index (χ0v) is 29.4. The highest BCUT2D eigenvalue weighted by molar-refractivity contribution is 7.25. The van der Waals surface area contributed by atoms with Crippen molar-refractivity contribution in [1.29, 1.82) is 0 Å². The Morgan fingerprint density at radius 2 is 0.887 bits per heavy atom. The second kappa shape index (κ2) is 10.9. The van der Waals surface area contributed by atoms with Crippen LogP contribution in [0.3, 0.4) is 0 Å². The minimum atomic E-state index is 1.19. The number of rotatable bonds is 3. The van der Waals surface area contributed by atoms with Gasteiger partial charge in [0.2, 0.25) is 0 Å². The molecule has 12 aromatic rings. The maximum absolute atomic E-state index is 2.47. The molecule has 0 aliphatic carbocycles. The van der Waals surface area contributed by atoms with E-state index in [1.807, 2.05) is 11.3 Å². The lowest BCUT2D eigenvalue weighted by Gasteiger charge is -2.12. The van der Waals surface area contributed by atoms with Gasteiger partial charge in [-0.25, -0.2) is 0 Å². The number of para-hydroxylation sites is 1. The van der Waals surface area contributed by atoms with Crippen LogP contribution in [0.1, 0.15) is 0 Å². The molecule has 0 saturated carbocycles. The summed E-state index contributed by atoms with van der Waals surface area (Å²) in [4.78, 5) is 0. The van der Waals surface area contributed by atoms with Crippen LogP contribution in [-0.4, -0.2) is 9.13 Å². The minimum absolute atomic E-state index is 1.19. The predicted molar refractivity (Wildman–Crippen MR) is 228 cm³/mol. The molecule has 0 spiro atoms. The normalized spacial score (nSPS) is 12.2. The summed E-state index contributed by atoms with van der Waals surface area (Å²) >= 11 is 1.87. The third kappa shape index (κ3) is 4.20. The van der Waals surface area contributed by atoms with E-state index in [0.29, 0.717) is 0 Å². The molecular formula is C50H30N2S. The van der Waals surface area contributed by atoms with Crippen molar-refractivity contribution in [2.75, 3.05) is 0 Å². The zero-order chi connectivity index (χ0) is 34.6. The Balaban J connectivity index is 1.07. The molecule has 3 aromatic heterocycles. The summed E-state index contributed by atoms with van der Waals surface area (Å²) in [5.41, 5.74) is 9.71. The largest absolute Gasteiger partial charge is 0.309 e. The summed E-state index contributed by atoms with van der Waals surface area (Å²) in [7, 11) is 0. The Morgan fingerprint density at radius 3 is 1.72 bits per heavy atom. The van der Waals surface area contributed by atoms with Gasteiger partial charge < -0.3 is 9.13 Å². The molecule has 0 unspecified atom stereocenters. The van der Waals surface area contributed by atoms with Crippen molar-refractivity contribution in [1.82, 2.24) is 9.13 Å². The molecule has 2 nitrogen and oxygen atoms in total. The second-order valence-corrected chi connectivity index (χ2v) is 15.2. The van der Waals surface area contributed by atoms with E-state index in [1.165, 1.54) is 108 Å². The monoisotopic (exact) mass is 690 g/mol. The number of thiophene rings is 1. The van der Waals surface area contributed by atoms with Gasteiger partial charge >= 0.3 is 0 Å². The van der Waals surface area contributed by atoms with E-state index in [4.69, 9.17) is 0 Å². The number of benzene rings is 9. The molecule has 246 valence electrons. The summed E-state index contributed by atoms with van der Waals surface area (Å²) in [5.74, 6) is 0. The van der Waals surface area contributed by atoms with Crippen LogP contribution in [0.2, 0.25) is 0 Å². The van der Waals surface area contributed by atoms with E-state index in [0.717, 1.165) is 0 Å². The Bertz CT molecular complexity index is 3460. The molecule has 0 fully saturated rings. The molecule has 0 radical (unpaired) electrons. The van der Waals surface area contributed by atoms with Gasteiger partial charge in [0.25, 0.3) is 0 Å². The third-order valence-electron chi connectivity index (χ3n) is 11.3. The van der Waals surface area contributed by atoms with E-state index in [9.17, 15) is 0 Å². The Kier molecular flexibility index (Phi) is 5.96. The number of hydrogen-bond acceptors (Lipinski definition) is 1. The Morgan fingerprint density at radius 1 is 0.302 bits per heavy atom. The highest BCUT2D eigenvalue weighted by Crippen LogP contribution is 2.41.